The van der Waals surface area contributed by atoms with E-state index in [4.69, 9.17) is 14.2 Å². The molecule has 2 aromatic carbocycles. The number of hydrogen-bond acceptors (Lipinski definition) is 7. The van der Waals surface area contributed by atoms with Crippen molar-refractivity contribution in [1.82, 2.24) is 9.88 Å². The third-order valence-corrected chi connectivity index (χ3v) is 6.36. The smallest absolute Gasteiger partial charge is 0.342 e. The van der Waals surface area contributed by atoms with Crippen LogP contribution in [0.25, 0.3) is 0 Å². The number of methoxy groups -OCH3 is 1. The summed E-state index contributed by atoms with van der Waals surface area (Å²) in [5.74, 6) is 1.86. The van der Waals surface area contributed by atoms with Gasteiger partial charge < -0.3 is 19.1 Å². The second-order valence-electron chi connectivity index (χ2n) is 9.36. The van der Waals surface area contributed by atoms with Gasteiger partial charge in [-0.05, 0) is 51.1 Å². The SMILES string of the molecule is COc1cccc(CN(C)[C@H]2CCN(c3ncccc3C(=O)OC(C)C)C2)c1OCc1ccccc1. The van der Waals surface area contributed by atoms with Crippen LogP contribution in [0, 0.1) is 0 Å². The van der Waals surface area contributed by atoms with E-state index >= 15 is 0 Å². The lowest BCUT2D eigenvalue weighted by atomic mass is 10.1. The second kappa shape index (κ2) is 11.9. The van der Waals surface area contributed by atoms with Crippen molar-refractivity contribution >= 4 is 11.8 Å². The van der Waals surface area contributed by atoms with Crippen molar-refractivity contribution in [2.45, 2.75) is 45.6 Å². The zero-order valence-electron chi connectivity index (χ0n) is 21.5. The Morgan fingerprint density at radius 1 is 1.11 bits per heavy atom. The number of carbonyl (C=O) groups excluding carboxylic acids is 1. The number of anilines is 1. The number of pyridine rings is 1. The quantitative estimate of drug-likeness (QED) is 0.374. The highest BCUT2D eigenvalue weighted by Crippen LogP contribution is 2.34. The summed E-state index contributed by atoms with van der Waals surface area (Å²) in [5, 5.41) is 0. The van der Waals surface area contributed by atoms with Crippen molar-refractivity contribution in [2.24, 2.45) is 0 Å². The molecule has 0 amide bonds. The zero-order valence-corrected chi connectivity index (χ0v) is 21.5. The molecule has 0 saturated carbocycles. The lowest BCUT2D eigenvalue weighted by Gasteiger charge is -2.27. The standard InChI is InChI=1S/C29H35N3O4/c1-21(2)36-29(33)25-13-9-16-30-28(25)32-17-15-24(19-32)31(3)18-23-12-8-14-26(34-4)27(23)35-20-22-10-6-5-7-11-22/h5-14,16,21,24H,15,17-20H2,1-4H3/t24-/m0/s1. The number of hydrogen-bond donors (Lipinski definition) is 0. The molecule has 0 aliphatic carbocycles. The molecule has 0 unspecified atom stereocenters. The van der Waals surface area contributed by atoms with Gasteiger partial charge >= 0.3 is 5.97 Å². The maximum Gasteiger partial charge on any atom is 0.342 e. The van der Waals surface area contributed by atoms with Crippen LogP contribution in [-0.2, 0) is 17.9 Å². The number of likely N-dealkylation sites (N-methyl/N-ethyl adjacent to an activating group) is 1. The first-order valence-corrected chi connectivity index (χ1v) is 12.4. The predicted octanol–water partition coefficient (Wildman–Crippen LogP) is 4.95. The van der Waals surface area contributed by atoms with E-state index in [1.165, 1.54) is 0 Å². The minimum absolute atomic E-state index is 0.177. The van der Waals surface area contributed by atoms with Gasteiger partial charge in [0.15, 0.2) is 11.5 Å². The first kappa shape index (κ1) is 25.5. The highest BCUT2D eigenvalue weighted by molar-refractivity contribution is 5.95. The van der Waals surface area contributed by atoms with E-state index in [-0.39, 0.29) is 12.1 Å². The van der Waals surface area contributed by atoms with Crippen molar-refractivity contribution in [3.8, 4) is 11.5 Å². The van der Waals surface area contributed by atoms with E-state index in [0.29, 0.717) is 30.6 Å². The van der Waals surface area contributed by atoms with Gasteiger partial charge in [0.25, 0.3) is 0 Å². The van der Waals surface area contributed by atoms with Crippen LogP contribution in [0.1, 0.15) is 41.8 Å². The van der Waals surface area contributed by atoms with Gasteiger partial charge in [0.05, 0.1) is 13.2 Å². The van der Waals surface area contributed by atoms with Gasteiger partial charge in [-0.1, -0.05) is 42.5 Å². The van der Waals surface area contributed by atoms with Gasteiger partial charge in [-0.25, -0.2) is 9.78 Å². The van der Waals surface area contributed by atoms with E-state index < -0.39 is 0 Å². The predicted molar refractivity (Wildman–Crippen MR) is 141 cm³/mol. The Labute approximate surface area is 213 Å². The van der Waals surface area contributed by atoms with Crippen LogP contribution in [0.3, 0.4) is 0 Å². The van der Waals surface area contributed by atoms with Gasteiger partial charge in [0.1, 0.15) is 18.0 Å². The molecule has 4 rings (SSSR count). The maximum atomic E-state index is 12.6. The molecule has 1 aromatic heterocycles. The van der Waals surface area contributed by atoms with Gasteiger partial charge in [-0.2, -0.15) is 0 Å². The first-order valence-electron chi connectivity index (χ1n) is 12.4. The van der Waals surface area contributed by atoms with E-state index in [0.717, 1.165) is 42.1 Å². The van der Waals surface area contributed by atoms with Crippen LogP contribution in [0.2, 0.25) is 0 Å². The molecule has 1 fully saturated rings. The summed E-state index contributed by atoms with van der Waals surface area (Å²) in [4.78, 5) is 21.7. The number of para-hydroxylation sites is 1. The Hall–Kier alpha value is -3.58. The minimum atomic E-state index is -0.332. The van der Waals surface area contributed by atoms with Gasteiger partial charge in [0.2, 0.25) is 0 Å². The molecule has 0 bridgehead atoms. The average molecular weight is 490 g/mol. The molecular formula is C29H35N3O4. The molecule has 0 radical (unpaired) electrons. The Bertz CT molecular complexity index is 1150. The molecule has 7 heteroatoms. The van der Waals surface area contributed by atoms with Gasteiger partial charge in [-0.15, -0.1) is 0 Å². The molecule has 190 valence electrons. The molecule has 36 heavy (non-hydrogen) atoms. The third kappa shape index (κ3) is 6.15. The molecular weight excluding hydrogens is 454 g/mol. The molecule has 3 aromatic rings. The van der Waals surface area contributed by atoms with Crippen molar-refractivity contribution < 1.29 is 19.0 Å². The fraction of sp³-hybridized carbons (Fsp3) is 0.379. The van der Waals surface area contributed by atoms with Crippen molar-refractivity contribution in [1.29, 1.82) is 0 Å². The lowest BCUT2D eigenvalue weighted by Crippen LogP contribution is -2.35. The van der Waals surface area contributed by atoms with Crippen molar-refractivity contribution in [3.63, 3.8) is 0 Å². The van der Waals surface area contributed by atoms with Crippen LogP contribution < -0.4 is 14.4 Å². The monoisotopic (exact) mass is 489 g/mol. The van der Waals surface area contributed by atoms with Crippen LogP contribution in [0.5, 0.6) is 11.5 Å². The molecule has 1 aliphatic heterocycles. The molecule has 1 aliphatic rings. The van der Waals surface area contributed by atoms with E-state index in [1.54, 1.807) is 25.4 Å². The molecule has 0 spiro atoms. The Kier molecular flexibility index (Phi) is 8.44. The summed E-state index contributed by atoms with van der Waals surface area (Å²) in [6, 6.07) is 20.0. The van der Waals surface area contributed by atoms with Crippen LogP contribution in [0.4, 0.5) is 5.82 Å². The number of nitrogens with zero attached hydrogens (tertiary/aromatic N) is 3. The van der Waals surface area contributed by atoms with E-state index in [1.807, 2.05) is 44.2 Å². The minimum Gasteiger partial charge on any atom is -0.493 e. The number of carbonyl (C=O) groups is 1. The summed E-state index contributed by atoms with van der Waals surface area (Å²) in [5.41, 5.74) is 2.69. The topological polar surface area (TPSA) is 64.1 Å². The highest BCUT2D eigenvalue weighted by atomic mass is 16.5. The van der Waals surface area contributed by atoms with Crippen LogP contribution in [-0.4, -0.2) is 55.2 Å². The number of aromatic nitrogens is 1. The molecule has 2 heterocycles. The van der Waals surface area contributed by atoms with Gasteiger partial charge in [0, 0.05) is 37.4 Å². The Morgan fingerprint density at radius 3 is 2.67 bits per heavy atom. The van der Waals surface area contributed by atoms with Crippen LogP contribution in [0.15, 0.2) is 66.9 Å². The Balaban J connectivity index is 1.45. The number of esters is 1. The third-order valence-electron chi connectivity index (χ3n) is 6.36. The first-order chi connectivity index (χ1) is 17.5. The molecule has 7 nitrogen and oxygen atoms in total. The summed E-state index contributed by atoms with van der Waals surface area (Å²) in [6.45, 7) is 6.49. The normalized spacial score (nSPS) is 15.4. The summed E-state index contributed by atoms with van der Waals surface area (Å²) >= 11 is 0. The van der Waals surface area contributed by atoms with Crippen LogP contribution >= 0.6 is 0 Å². The highest BCUT2D eigenvalue weighted by Gasteiger charge is 2.30. The van der Waals surface area contributed by atoms with E-state index in [2.05, 4.69) is 40.0 Å². The average Bonchev–Trinajstić information content (AvgIpc) is 3.38. The maximum absolute atomic E-state index is 12.6. The zero-order chi connectivity index (χ0) is 25.5. The molecule has 1 saturated heterocycles. The number of rotatable bonds is 10. The summed E-state index contributed by atoms with van der Waals surface area (Å²) in [6.07, 6.45) is 2.52. The number of benzene rings is 2. The number of ether oxygens (including phenoxy) is 3. The lowest BCUT2D eigenvalue weighted by molar-refractivity contribution is 0.0378. The molecule has 0 N–H and O–H groups in total. The van der Waals surface area contributed by atoms with Crippen molar-refractivity contribution in [2.75, 3.05) is 32.1 Å². The molecule has 1 atom stereocenters. The van der Waals surface area contributed by atoms with Crippen molar-refractivity contribution in [3.05, 3.63) is 83.6 Å². The fourth-order valence-electron chi connectivity index (χ4n) is 4.52. The summed E-state index contributed by atoms with van der Waals surface area (Å²) in [7, 11) is 3.79. The summed E-state index contributed by atoms with van der Waals surface area (Å²) < 4.78 is 17.3. The Morgan fingerprint density at radius 2 is 1.92 bits per heavy atom. The fourth-order valence-corrected chi connectivity index (χ4v) is 4.52. The van der Waals surface area contributed by atoms with Gasteiger partial charge in [-0.3, -0.25) is 4.90 Å². The largest absolute Gasteiger partial charge is 0.493 e. The van der Waals surface area contributed by atoms with E-state index in [9.17, 15) is 4.79 Å². The second-order valence-corrected chi connectivity index (χ2v) is 9.36.